The third kappa shape index (κ3) is 4.10. The van der Waals surface area contributed by atoms with Crippen LogP contribution >= 0.6 is 22.6 Å². The standard InChI is InChI=1S/C21H19IN4O/c22-18-8-6-17(7-9-18)21(27)26-14-12-25(13-15-26)20-11-10-19(23-24-20)16-4-2-1-3-5-16/h1-11H,12-15H2. The molecular formula is C21H19IN4O. The Hall–Kier alpha value is -2.48. The van der Waals surface area contributed by atoms with Crippen molar-refractivity contribution in [1.29, 1.82) is 0 Å². The highest BCUT2D eigenvalue weighted by atomic mass is 127. The van der Waals surface area contributed by atoms with Crippen molar-refractivity contribution in [2.24, 2.45) is 0 Å². The van der Waals surface area contributed by atoms with Crippen molar-refractivity contribution < 1.29 is 4.79 Å². The molecule has 1 saturated heterocycles. The number of carbonyl (C=O) groups excluding carboxylic acids is 1. The van der Waals surface area contributed by atoms with Crippen LogP contribution in [-0.2, 0) is 0 Å². The second-order valence-corrected chi connectivity index (χ2v) is 7.67. The summed E-state index contributed by atoms with van der Waals surface area (Å²) in [7, 11) is 0. The van der Waals surface area contributed by atoms with E-state index >= 15 is 0 Å². The van der Waals surface area contributed by atoms with E-state index in [0.717, 1.165) is 39.3 Å². The smallest absolute Gasteiger partial charge is 0.253 e. The second-order valence-electron chi connectivity index (χ2n) is 6.43. The van der Waals surface area contributed by atoms with Crippen LogP contribution in [0.3, 0.4) is 0 Å². The van der Waals surface area contributed by atoms with Crippen molar-refractivity contribution in [3.63, 3.8) is 0 Å². The van der Waals surface area contributed by atoms with Crippen molar-refractivity contribution in [1.82, 2.24) is 15.1 Å². The zero-order chi connectivity index (χ0) is 18.6. The topological polar surface area (TPSA) is 49.3 Å². The maximum absolute atomic E-state index is 12.6. The van der Waals surface area contributed by atoms with E-state index in [2.05, 4.69) is 37.7 Å². The Bertz CT molecular complexity index is 905. The van der Waals surface area contributed by atoms with E-state index in [1.165, 1.54) is 0 Å². The van der Waals surface area contributed by atoms with E-state index in [1.54, 1.807) is 0 Å². The van der Waals surface area contributed by atoms with Gasteiger partial charge in [-0.25, -0.2) is 0 Å². The van der Waals surface area contributed by atoms with Crippen molar-refractivity contribution in [3.8, 4) is 11.3 Å². The van der Waals surface area contributed by atoms with Crippen molar-refractivity contribution in [3.05, 3.63) is 75.9 Å². The van der Waals surface area contributed by atoms with Crippen molar-refractivity contribution in [2.45, 2.75) is 0 Å². The summed E-state index contributed by atoms with van der Waals surface area (Å²) in [5.41, 5.74) is 2.67. The summed E-state index contributed by atoms with van der Waals surface area (Å²) in [6, 6.07) is 21.8. The Morgan fingerprint density at radius 3 is 2.15 bits per heavy atom. The SMILES string of the molecule is O=C(c1ccc(I)cc1)N1CCN(c2ccc(-c3ccccc3)nn2)CC1. The van der Waals surface area contributed by atoms with Gasteiger partial charge in [0.2, 0.25) is 0 Å². The van der Waals surface area contributed by atoms with Crippen LogP contribution in [0.25, 0.3) is 11.3 Å². The molecule has 0 bridgehead atoms. The summed E-state index contributed by atoms with van der Waals surface area (Å²) in [6.45, 7) is 2.89. The average Bonchev–Trinajstić information content (AvgIpc) is 2.75. The lowest BCUT2D eigenvalue weighted by Crippen LogP contribution is -2.49. The largest absolute Gasteiger partial charge is 0.352 e. The first-order valence-corrected chi connectivity index (χ1v) is 9.97. The number of carbonyl (C=O) groups is 1. The van der Waals surface area contributed by atoms with Gasteiger partial charge in [0, 0.05) is 40.9 Å². The van der Waals surface area contributed by atoms with Crippen LogP contribution in [0.15, 0.2) is 66.7 Å². The summed E-state index contributed by atoms with van der Waals surface area (Å²) in [5, 5.41) is 8.75. The molecule has 0 radical (unpaired) electrons. The number of hydrogen-bond donors (Lipinski definition) is 0. The van der Waals surface area contributed by atoms with Crippen LogP contribution in [0.4, 0.5) is 5.82 Å². The quantitative estimate of drug-likeness (QED) is 0.548. The molecule has 2 aromatic carbocycles. The third-order valence-electron chi connectivity index (χ3n) is 4.70. The number of halogens is 1. The number of hydrogen-bond acceptors (Lipinski definition) is 4. The van der Waals surface area contributed by atoms with Gasteiger partial charge >= 0.3 is 0 Å². The lowest BCUT2D eigenvalue weighted by molar-refractivity contribution is 0.0746. The predicted molar refractivity (Wildman–Crippen MR) is 115 cm³/mol. The fourth-order valence-electron chi connectivity index (χ4n) is 3.17. The number of benzene rings is 2. The molecule has 0 atom stereocenters. The number of amides is 1. The molecule has 1 fully saturated rings. The molecule has 136 valence electrons. The molecule has 0 unspecified atom stereocenters. The van der Waals surface area contributed by atoms with Crippen LogP contribution in [0.5, 0.6) is 0 Å². The van der Waals surface area contributed by atoms with Crippen LogP contribution in [0, 0.1) is 3.57 Å². The molecule has 1 aromatic heterocycles. The molecule has 0 aliphatic carbocycles. The number of rotatable bonds is 3. The van der Waals surface area contributed by atoms with E-state index in [4.69, 9.17) is 0 Å². The van der Waals surface area contributed by atoms with Gasteiger partial charge in [0.05, 0.1) is 5.69 Å². The van der Waals surface area contributed by atoms with Gasteiger partial charge in [-0.3, -0.25) is 4.79 Å². The molecule has 3 aromatic rings. The first kappa shape index (κ1) is 17.9. The predicted octanol–water partition coefficient (Wildman–Crippen LogP) is 3.71. The summed E-state index contributed by atoms with van der Waals surface area (Å²) >= 11 is 2.24. The lowest BCUT2D eigenvalue weighted by Gasteiger charge is -2.35. The second kappa shape index (κ2) is 8.04. The van der Waals surface area contributed by atoms with Crippen molar-refractivity contribution >= 4 is 34.3 Å². The van der Waals surface area contributed by atoms with Gasteiger partial charge in [0.25, 0.3) is 5.91 Å². The monoisotopic (exact) mass is 470 g/mol. The Morgan fingerprint density at radius 2 is 1.52 bits per heavy atom. The number of anilines is 1. The third-order valence-corrected chi connectivity index (χ3v) is 5.42. The van der Waals surface area contributed by atoms with Gasteiger partial charge in [0.1, 0.15) is 0 Å². The van der Waals surface area contributed by atoms with Gasteiger partial charge in [-0.1, -0.05) is 30.3 Å². The number of nitrogens with zero attached hydrogens (tertiary/aromatic N) is 4. The number of piperazine rings is 1. The van der Waals surface area contributed by atoms with Gasteiger partial charge in [0.15, 0.2) is 5.82 Å². The minimum Gasteiger partial charge on any atom is -0.352 e. The molecule has 4 rings (SSSR count). The van der Waals surface area contributed by atoms with Crippen LogP contribution in [0.1, 0.15) is 10.4 Å². The number of aromatic nitrogens is 2. The van der Waals surface area contributed by atoms with Gasteiger partial charge < -0.3 is 9.80 Å². The normalized spacial score (nSPS) is 14.3. The minimum atomic E-state index is 0.0940. The van der Waals surface area contributed by atoms with Gasteiger partial charge in [-0.2, -0.15) is 0 Å². The first-order chi connectivity index (χ1) is 13.2. The zero-order valence-electron chi connectivity index (χ0n) is 14.8. The highest BCUT2D eigenvalue weighted by molar-refractivity contribution is 14.1. The minimum absolute atomic E-state index is 0.0940. The molecule has 27 heavy (non-hydrogen) atoms. The van der Waals surface area contributed by atoms with E-state index in [9.17, 15) is 4.79 Å². The molecule has 5 nitrogen and oxygen atoms in total. The molecule has 2 heterocycles. The van der Waals surface area contributed by atoms with Crippen LogP contribution in [0.2, 0.25) is 0 Å². The van der Waals surface area contributed by atoms with Crippen LogP contribution in [-0.4, -0.2) is 47.2 Å². The van der Waals surface area contributed by atoms with E-state index in [1.807, 2.05) is 71.6 Å². The first-order valence-electron chi connectivity index (χ1n) is 8.90. The van der Waals surface area contributed by atoms with Crippen molar-refractivity contribution in [2.75, 3.05) is 31.1 Å². The molecule has 0 saturated carbocycles. The van der Waals surface area contributed by atoms with Gasteiger partial charge in [-0.15, -0.1) is 10.2 Å². The maximum atomic E-state index is 12.6. The fourth-order valence-corrected chi connectivity index (χ4v) is 3.53. The zero-order valence-corrected chi connectivity index (χ0v) is 16.9. The Kier molecular flexibility index (Phi) is 5.33. The Balaban J connectivity index is 1.39. The van der Waals surface area contributed by atoms with E-state index in [0.29, 0.717) is 13.1 Å². The fraction of sp³-hybridized carbons (Fsp3) is 0.190. The Labute approximate surface area is 172 Å². The van der Waals surface area contributed by atoms with E-state index in [-0.39, 0.29) is 5.91 Å². The molecule has 6 heteroatoms. The molecule has 1 amide bonds. The van der Waals surface area contributed by atoms with Crippen LogP contribution < -0.4 is 4.90 Å². The Morgan fingerprint density at radius 1 is 0.815 bits per heavy atom. The highest BCUT2D eigenvalue weighted by Gasteiger charge is 2.23. The molecule has 0 N–H and O–H groups in total. The molecule has 1 aliphatic heterocycles. The summed E-state index contributed by atoms with van der Waals surface area (Å²) in [6.07, 6.45) is 0. The maximum Gasteiger partial charge on any atom is 0.253 e. The molecule has 1 aliphatic rings. The highest BCUT2D eigenvalue weighted by Crippen LogP contribution is 2.19. The summed E-state index contributed by atoms with van der Waals surface area (Å²) in [5.74, 6) is 0.951. The van der Waals surface area contributed by atoms with E-state index < -0.39 is 0 Å². The summed E-state index contributed by atoms with van der Waals surface area (Å²) < 4.78 is 1.13. The lowest BCUT2D eigenvalue weighted by atomic mass is 10.1. The summed E-state index contributed by atoms with van der Waals surface area (Å²) in [4.78, 5) is 16.7. The molecular weight excluding hydrogens is 451 g/mol. The van der Waals surface area contributed by atoms with Gasteiger partial charge in [-0.05, 0) is 59.0 Å². The molecule has 0 spiro atoms. The average molecular weight is 470 g/mol.